The van der Waals surface area contributed by atoms with E-state index in [-0.39, 0.29) is 0 Å². The van der Waals surface area contributed by atoms with E-state index < -0.39 is 10.8 Å². The van der Waals surface area contributed by atoms with Gasteiger partial charge in [-0.2, -0.15) is 0 Å². The molecular formula is C68H41NO. The topological polar surface area (TPSA) is 16.4 Å². The van der Waals surface area contributed by atoms with Crippen molar-refractivity contribution in [1.82, 2.24) is 0 Å². The standard InChI is InChI=1S/C68H41NO/c1-2-18-42(19-3-1)45-20-9-16-32-62(45)69(43-34-36-50-48-23-6-13-29-56(48)67(60(50)40-43)54-27-11-4-21-46(54)47-22-5-12-28-55(47)67)44-35-37-51-49-24-7-14-30-57(49)68(61(51)41-44)58-31-15-8-25-52(58)65-59(68)38-39-64-66(65)53-26-10-17-33-63(53)70-64/h1-41H. The van der Waals surface area contributed by atoms with E-state index in [0.717, 1.165) is 33.6 Å². The van der Waals surface area contributed by atoms with Gasteiger partial charge in [0.2, 0.25) is 0 Å². The number of para-hydroxylation sites is 2. The molecule has 1 atom stereocenters. The first-order valence-corrected chi connectivity index (χ1v) is 24.4. The summed E-state index contributed by atoms with van der Waals surface area (Å²) in [6.07, 6.45) is 0. The summed E-state index contributed by atoms with van der Waals surface area (Å²) in [6.45, 7) is 0. The number of nitrogens with zero attached hydrogens (tertiary/aromatic N) is 1. The Morgan fingerprint density at radius 2 is 0.714 bits per heavy atom. The fourth-order valence-corrected chi connectivity index (χ4v) is 13.7. The van der Waals surface area contributed by atoms with Crippen molar-refractivity contribution in [1.29, 1.82) is 0 Å². The SMILES string of the molecule is c1ccc(-c2ccccc2N(c2ccc3c(c2)C2(c4ccccc4-c4ccccc42)c2ccccc2-3)c2ccc3c(c2)C2(c4ccccc4-3)c3ccccc3-c3c2ccc2oc4ccccc4c32)cc1. The van der Waals surface area contributed by atoms with Crippen LogP contribution in [0.4, 0.5) is 17.1 Å². The van der Waals surface area contributed by atoms with E-state index in [0.29, 0.717) is 0 Å². The monoisotopic (exact) mass is 887 g/mol. The fourth-order valence-electron chi connectivity index (χ4n) is 13.7. The van der Waals surface area contributed by atoms with Crippen LogP contribution >= 0.6 is 0 Å². The van der Waals surface area contributed by atoms with Gasteiger partial charge in [0.1, 0.15) is 11.2 Å². The Hall–Kier alpha value is -8.98. The summed E-state index contributed by atoms with van der Waals surface area (Å²) < 4.78 is 6.60. The van der Waals surface area contributed by atoms with Gasteiger partial charge in [-0.1, -0.05) is 206 Å². The molecule has 0 fully saturated rings. The van der Waals surface area contributed by atoms with Crippen LogP contribution in [0.2, 0.25) is 0 Å². The Morgan fingerprint density at radius 1 is 0.286 bits per heavy atom. The molecule has 0 saturated heterocycles. The van der Waals surface area contributed by atoms with Gasteiger partial charge >= 0.3 is 0 Å². The van der Waals surface area contributed by atoms with Gasteiger partial charge < -0.3 is 9.32 Å². The molecule has 11 aromatic carbocycles. The molecule has 2 heteroatoms. The Morgan fingerprint density at radius 3 is 1.29 bits per heavy atom. The van der Waals surface area contributed by atoms with Crippen molar-refractivity contribution in [2.75, 3.05) is 4.90 Å². The highest BCUT2D eigenvalue weighted by Crippen LogP contribution is 2.66. The molecule has 324 valence electrons. The number of hydrogen-bond donors (Lipinski definition) is 0. The van der Waals surface area contributed by atoms with E-state index in [1.54, 1.807) is 0 Å². The Labute approximate surface area is 406 Å². The van der Waals surface area contributed by atoms with Crippen LogP contribution in [0.25, 0.3) is 77.6 Å². The van der Waals surface area contributed by atoms with Crippen LogP contribution in [0.3, 0.4) is 0 Å². The molecule has 0 bridgehead atoms. The van der Waals surface area contributed by atoms with Gasteiger partial charge in [-0.15, -0.1) is 0 Å². The summed E-state index contributed by atoms with van der Waals surface area (Å²) in [4.78, 5) is 2.54. The molecule has 0 amide bonds. The van der Waals surface area contributed by atoms with E-state index >= 15 is 0 Å². The van der Waals surface area contributed by atoms with Gasteiger partial charge in [-0.3, -0.25) is 0 Å². The van der Waals surface area contributed by atoms with Gasteiger partial charge in [-0.05, 0) is 137 Å². The predicted molar refractivity (Wildman–Crippen MR) is 286 cm³/mol. The van der Waals surface area contributed by atoms with Crippen molar-refractivity contribution < 1.29 is 4.42 Å². The van der Waals surface area contributed by atoms with Crippen LogP contribution in [-0.2, 0) is 10.8 Å². The van der Waals surface area contributed by atoms with Crippen LogP contribution in [0.1, 0.15) is 44.5 Å². The van der Waals surface area contributed by atoms with Crippen molar-refractivity contribution in [2.45, 2.75) is 10.8 Å². The van der Waals surface area contributed by atoms with Crippen molar-refractivity contribution in [2.24, 2.45) is 0 Å². The van der Waals surface area contributed by atoms with Gasteiger partial charge in [0.15, 0.2) is 0 Å². The number of fused-ring (bicyclic) bond motifs is 24. The lowest BCUT2D eigenvalue weighted by molar-refractivity contribution is 0.668. The zero-order chi connectivity index (χ0) is 45.7. The van der Waals surface area contributed by atoms with Crippen LogP contribution in [0.5, 0.6) is 0 Å². The van der Waals surface area contributed by atoms with Crippen molar-refractivity contribution >= 4 is 39.0 Å². The molecule has 16 rings (SSSR count). The van der Waals surface area contributed by atoms with E-state index in [2.05, 4.69) is 254 Å². The van der Waals surface area contributed by atoms with Crippen LogP contribution in [-0.4, -0.2) is 0 Å². The molecule has 4 aliphatic rings. The zero-order valence-electron chi connectivity index (χ0n) is 38.0. The van der Waals surface area contributed by atoms with E-state index in [4.69, 9.17) is 4.42 Å². The summed E-state index contributed by atoms with van der Waals surface area (Å²) in [5.74, 6) is 0. The minimum absolute atomic E-state index is 0.483. The Balaban J connectivity index is 0.993. The molecule has 0 N–H and O–H groups in total. The first-order chi connectivity index (χ1) is 34.7. The Bertz CT molecular complexity index is 4150. The highest BCUT2D eigenvalue weighted by Gasteiger charge is 2.54. The van der Waals surface area contributed by atoms with Crippen molar-refractivity contribution in [3.63, 3.8) is 0 Å². The van der Waals surface area contributed by atoms with Gasteiger partial charge in [0.25, 0.3) is 0 Å². The lowest BCUT2D eigenvalue weighted by Gasteiger charge is -2.34. The van der Waals surface area contributed by atoms with Crippen molar-refractivity contribution in [3.05, 3.63) is 293 Å². The average molecular weight is 888 g/mol. The minimum atomic E-state index is -0.577. The summed E-state index contributed by atoms with van der Waals surface area (Å²) in [5.41, 5.74) is 27.2. The maximum Gasteiger partial charge on any atom is 0.136 e. The highest BCUT2D eigenvalue weighted by molar-refractivity contribution is 6.16. The summed E-state index contributed by atoms with van der Waals surface area (Å²) in [7, 11) is 0. The largest absolute Gasteiger partial charge is 0.456 e. The average Bonchev–Trinajstić information content (AvgIpc) is 4.20. The van der Waals surface area contributed by atoms with Crippen LogP contribution in [0, 0.1) is 0 Å². The quantitative estimate of drug-likeness (QED) is 0.175. The first-order valence-electron chi connectivity index (χ1n) is 24.4. The molecule has 0 radical (unpaired) electrons. The zero-order valence-corrected chi connectivity index (χ0v) is 38.0. The number of hydrogen-bond acceptors (Lipinski definition) is 2. The lowest BCUT2D eigenvalue weighted by Crippen LogP contribution is -2.26. The molecule has 4 aliphatic carbocycles. The molecular weight excluding hydrogens is 847 g/mol. The lowest BCUT2D eigenvalue weighted by atomic mass is 9.70. The normalized spacial score (nSPS) is 15.6. The van der Waals surface area contributed by atoms with Crippen LogP contribution in [0.15, 0.2) is 253 Å². The molecule has 0 saturated carbocycles. The smallest absolute Gasteiger partial charge is 0.136 e. The molecule has 2 nitrogen and oxygen atoms in total. The number of furan rings is 1. The van der Waals surface area contributed by atoms with E-state index in [1.807, 2.05) is 0 Å². The molecule has 2 spiro atoms. The maximum absolute atomic E-state index is 6.60. The fraction of sp³-hybridized carbons (Fsp3) is 0.0294. The van der Waals surface area contributed by atoms with Gasteiger partial charge in [0, 0.05) is 27.7 Å². The number of rotatable bonds is 4. The predicted octanol–water partition coefficient (Wildman–Crippen LogP) is 17.4. The molecule has 12 aromatic rings. The highest BCUT2D eigenvalue weighted by atomic mass is 16.3. The molecule has 1 heterocycles. The minimum Gasteiger partial charge on any atom is -0.456 e. The molecule has 70 heavy (non-hydrogen) atoms. The number of benzene rings is 11. The van der Waals surface area contributed by atoms with Gasteiger partial charge in [-0.25, -0.2) is 0 Å². The Kier molecular flexibility index (Phi) is 7.51. The summed E-state index contributed by atoms with van der Waals surface area (Å²) >= 11 is 0. The molecule has 0 aliphatic heterocycles. The second-order valence-corrected chi connectivity index (χ2v) is 19.4. The van der Waals surface area contributed by atoms with E-state index in [9.17, 15) is 0 Å². The third kappa shape index (κ3) is 4.64. The maximum atomic E-state index is 6.60. The number of anilines is 3. The molecule has 1 aromatic heterocycles. The van der Waals surface area contributed by atoms with E-state index in [1.165, 1.54) is 106 Å². The summed E-state index contributed by atoms with van der Waals surface area (Å²) in [5, 5.41) is 2.33. The first kappa shape index (κ1) is 38.0. The van der Waals surface area contributed by atoms with Gasteiger partial charge in [0.05, 0.1) is 16.5 Å². The molecule has 1 unspecified atom stereocenters. The second-order valence-electron chi connectivity index (χ2n) is 19.4. The van der Waals surface area contributed by atoms with Crippen molar-refractivity contribution in [3.8, 4) is 55.6 Å². The second kappa shape index (κ2) is 13.8. The third-order valence-electron chi connectivity index (χ3n) is 16.3. The van der Waals surface area contributed by atoms with Crippen LogP contribution < -0.4 is 4.90 Å². The third-order valence-corrected chi connectivity index (χ3v) is 16.3. The summed E-state index contributed by atoms with van der Waals surface area (Å²) in [6, 6.07) is 93.0.